The summed E-state index contributed by atoms with van der Waals surface area (Å²) in [7, 11) is 0. The molecular weight excluding hydrogens is 364 g/mol. The molecule has 0 unspecified atom stereocenters. The van der Waals surface area contributed by atoms with Crippen LogP contribution in [0.25, 0.3) is 0 Å². The zero-order valence-corrected chi connectivity index (χ0v) is 18.0. The van der Waals surface area contributed by atoms with Crippen LogP contribution >= 0.6 is 0 Å². The van der Waals surface area contributed by atoms with E-state index in [-0.39, 0.29) is 11.8 Å². The maximum atomic E-state index is 12.4. The molecule has 2 heterocycles. The van der Waals surface area contributed by atoms with Gasteiger partial charge in [-0.05, 0) is 51.0 Å². The van der Waals surface area contributed by atoms with Gasteiger partial charge in [0, 0.05) is 69.5 Å². The van der Waals surface area contributed by atoms with E-state index in [4.69, 9.17) is 0 Å². The molecular formula is C23H36N4O2. The van der Waals surface area contributed by atoms with Crippen LogP contribution in [-0.4, -0.2) is 73.5 Å². The molecule has 29 heavy (non-hydrogen) atoms. The Morgan fingerprint density at radius 1 is 0.897 bits per heavy atom. The van der Waals surface area contributed by atoms with Gasteiger partial charge in [-0.2, -0.15) is 0 Å². The zero-order valence-electron chi connectivity index (χ0n) is 18.0. The van der Waals surface area contributed by atoms with Crippen molar-refractivity contribution in [2.24, 2.45) is 0 Å². The summed E-state index contributed by atoms with van der Waals surface area (Å²) in [5.74, 6) is 0.0490. The van der Waals surface area contributed by atoms with Crippen LogP contribution in [0.2, 0.25) is 0 Å². The fourth-order valence-corrected chi connectivity index (χ4v) is 4.18. The van der Waals surface area contributed by atoms with Crippen molar-refractivity contribution in [3.8, 4) is 0 Å². The Balaban J connectivity index is 1.42. The number of likely N-dealkylation sites (tertiary alicyclic amines) is 1. The van der Waals surface area contributed by atoms with E-state index in [9.17, 15) is 9.59 Å². The molecule has 2 amide bonds. The van der Waals surface area contributed by atoms with E-state index in [2.05, 4.69) is 29.0 Å². The molecule has 0 saturated carbocycles. The smallest absolute Gasteiger partial charge is 0.251 e. The minimum absolute atomic E-state index is 0.107. The number of hydrogen-bond donors (Lipinski definition) is 1. The van der Waals surface area contributed by atoms with Gasteiger partial charge in [-0.15, -0.1) is 0 Å². The maximum Gasteiger partial charge on any atom is 0.251 e. The predicted molar refractivity (Wildman–Crippen MR) is 117 cm³/mol. The van der Waals surface area contributed by atoms with Crippen LogP contribution in [0.3, 0.4) is 0 Å². The van der Waals surface area contributed by atoms with E-state index in [1.165, 1.54) is 18.5 Å². The minimum atomic E-state index is -0.107. The van der Waals surface area contributed by atoms with E-state index < -0.39 is 0 Å². The normalized spacial score (nSPS) is 18.6. The van der Waals surface area contributed by atoms with Crippen molar-refractivity contribution in [3.63, 3.8) is 0 Å². The Bertz CT molecular complexity index is 658. The van der Waals surface area contributed by atoms with Crippen LogP contribution in [0.5, 0.6) is 0 Å². The van der Waals surface area contributed by atoms with Gasteiger partial charge < -0.3 is 15.1 Å². The van der Waals surface area contributed by atoms with E-state index >= 15 is 0 Å². The third-order valence-corrected chi connectivity index (χ3v) is 6.12. The Morgan fingerprint density at radius 2 is 1.52 bits per heavy atom. The van der Waals surface area contributed by atoms with E-state index in [0.29, 0.717) is 24.6 Å². The minimum Gasteiger partial charge on any atom is -0.369 e. The van der Waals surface area contributed by atoms with Gasteiger partial charge in [0.15, 0.2) is 0 Å². The third kappa shape index (κ3) is 6.20. The van der Waals surface area contributed by atoms with Crippen LogP contribution in [0, 0.1) is 0 Å². The lowest BCUT2D eigenvalue weighted by molar-refractivity contribution is -0.131. The van der Waals surface area contributed by atoms with Gasteiger partial charge in [-0.25, -0.2) is 0 Å². The van der Waals surface area contributed by atoms with Gasteiger partial charge >= 0.3 is 0 Å². The van der Waals surface area contributed by atoms with Crippen LogP contribution in [-0.2, 0) is 4.79 Å². The summed E-state index contributed by atoms with van der Waals surface area (Å²) >= 11 is 0. The van der Waals surface area contributed by atoms with Crippen LogP contribution in [0.1, 0.15) is 56.3 Å². The van der Waals surface area contributed by atoms with Gasteiger partial charge in [0.1, 0.15) is 0 Å². The molecule has 2 aliphatic heterocycles. The Labute approximate surface area is 175 Å². The fraction of sp³-hybridized carbons (Fsp3) is 0.652. The molecule has 1 aromatic rings. The number of piperazine rings is 1. The Kier molecular flexibility index (Phi) is 7.92. The quantitative estimate of drug-likeness (QED) is 0.798. The molecule has 0 aromatic heterocycles. The fourth-order valence-electron chi connectivity index (χ4n) is 4.18. The molecule has 6 heteroatoms. The van der Waals surface area contributed by atoms with Crippen molar-refractivity contribution in [1.29, 1.82) is 0 Å². The van der Waals surface area contributed by atoms with Gasteiger partial charge in [-0.1, -0.05) is 12.8 Å². The lowest BCUT2D eigenvalue weighted by Gasteiger charge is -2.38. The molecule has 0 aliphatic carbocycles. The number of carbonyl (C=O) groups is 2. The molecule has 3 rings (SSSR count). The van der Waals surface area contributed by atoms with Crippen molar-refractivity contribution in [2.45, 2.75) is 52.0 Å². The summed E-state index contributed by atoms with van der Waals surface area (Å²) in [6.07, 6.45) is 4.99. The number of nitrogens with zero attached hydrogens (tertiary/aromatic N) is 3. The molecule has 0 bridgehead atoms. The number of amides is 2. The molecule has 6 nitrogen and oxygen atoms in total. The van der Waals surface area contributed by atoms with Crippen molar-refractivity contribution in [3.05, 3.63) is 29.8 Å². The number of carbonyl (C=O) groups excluding carboxylic acids is 2. The van der Waals surface area contributed by atoms with Gasteiger partial charge in [0.05, 0.1) is 0 Å². The molecule has 2 fully saturated rings. The molecule has 1 aromatic carbocycles. The number of nitrogens with one attached hydrogen (secondary N) is 1. The summed E-state index contributed by atoms with van der Waals surface area (Å²) in [6, 6.07) is 8.42. The molecule has 2 aliphatic rings. The summed E-state index contributed by atoms with van der Waals surface area (Å²) in [4.78, 5) is 31.5. The molecule has 160 valence electrons. The summed E-state index contributed by atoms with van der Waals surface area (Å²) in [6.45, 7) is 10.8. The molecule has 2 saturated heterocycles. The first-order chi connectivity index (χ1) is 14.0. The Hall–Kier alpha value is -2.08. The lowest BCUT2D eigenvalue weighted by atomic mass is 10.1. The number of anilines is 1. The summed E-state index contributed by atoms with van der Waals surface area (Å²) < 4.78 is 0. The van der Waals surface area contributed by atoms with Gasteiger partial charge in [0.2, 0.25) is 5.91 Å². The predicted octanol–water partition coefficient (Wildman–Crippen LogP) is 2.74. The second-order valence-electron chi connectivity index (χ2n) is 8.46. The SMILES string of the molecule is CC(C)N1CCN(c2ccc(C(=O)NCCC(=O)N3CCCCCC3)cc2)CC1. The monoisotopic (exact) mass is 400 g/mol. The van der Waals surface area contributed by atoms with Crippen LogP contribution < -0.4 is 10.2 Å². The zero-order chi connectivity index (χ0) is 20.6. The summed E-state index contributed by atoms with van der Waals surface area (Å²) in [5, 5.41) is 2.90. The largest absolute Gasteiger partial charge is 0.369 e. The first-order valence-corrected chi connectivity index (χ1v) is 11.2. The highest BCUT2D eigenvalue weighted by molar-refractivity contribution is 5.94. The number of hydrogen-bond acceptors (Lipinski definition) is 4. The third-order valence-electron chi connectivity index (χ3n) is 6.12. The second-order valence-corrected chi connectivity index (χ2v) is 8.46. The van der Waals surface area contributed by atoms with Crippen molar-refractivity contribution >= 4 is 17.5 Å². The number of benzene rings is 1. The van der Waals surface area contributed by atoms with E-state index in [1.54, 1.807) is 0 Å². The average molecular weight is 401 g/mol. The van der Waals surface area contributed by atoms with Gasteiger partial charge in [-0.3, -0.25) is 14.5 Å². The first kappa shape index (κ1) is 21.6. The van der Waals surface area contributed by atoms with E-state index in [1.807, 2.05) is 29.2 Å². The summed E-state index contributed by atoms with van der Waals surface area (Å²) in [5.41, 5.74) is 1.82. The van der Waals surface area contributed by atoms with Gasteiger partial charge in [0.25, 0.3) is 5.91 Å². The topological polar surface area (TPSA) is 55.9 Å². The molecule has 0 spiro atoms. The van der Waals surface area contributed by atoms with Crippen LogP contribution in [0.15, 0.2) is 24.3 Å². The van der Waals surface area contributed by atoms with Crippen molar-refractivity contribution in [2.75, 3.05) is 50.7 Å². The van der Waals surface area contributed by atoms with Crippen molar-refractivity contribution in [1.82, 2.24) is 15.1 Å². The van der Waals surface area contributed by atoms with Crippen molar-refractivity contribution < 1.29 is 9.59 Å². The standard InChI is InChI=1S/C23H36N4O2/c1-19(2)25-15-17-26(18-16-25)21-9-7-20(8-10-21)23(29)24-12-11-22(28)27-13-5-3-4-6-14-27/h7-10,19H,3-6,11-18H2,1-2H3,(H,24,29). The second kappa shape index (κ2) is 10.6. The van der Waals surface area contributed by atoms with Crippen LogP contribution in [0.4, 0.5) is 5.69 Å². The highest BCUT2D eigenvalue weighted by Gasteiger charge is 2.19. The molecule has 0 atom stereocenters. The maximum absolute atomic E-state index is 12.4. The lowest BCUT2D eigenvalue weighted by Crippen LogP contribution is -2.48. The molecule has 0 radical (unpaired) electrons. The highest BCUT2D eigenvalue weighted by Crippen LogP contribution is 2.18. The number of rotatable bonds is 6. The van der Waals surface area contributed by atoms with E-state index in [0.717, 1.165) is 52.1 Å². The highest BCUT2D eigenvalue weighted by atomic mass is 16.2. The molecule has 1 N–H and O–H groups in total. The average Bonchev–Trinajstić information content (AvgIpc) is 3.03. The Morgan fingerprint density at radius 3 is 2.10 bits per heavy atom. The first-order valence-electron chi connectivity index (χ1n) is 11.2.